The second-order valence-electron chi connectivity index (χ2n) is 5.49. The first kappa shape index (κ1) is 23.4. The summed E-state index contributed by atoms with van der Waals surface area (Å²) in [7, 11) is 2.22. The van der Waals surface area contributed by atoms with Crippen LogP contribution >= 0.6 is 0 Å². The molecule has 1 fully saturated rings. The number of likely N-dealkylation sites (N-methyl/N-ethyl adjacent to an activating group) is 1. The van der Waals surface area contributed by atoms with Crippen LogP contribution in [0.1, 0.15) is 53.9 Å². The Kier molecular flexibility index (Phi) is 13.7. The zero-order valence-corrected chi connectivity index (χ0v) is 17.0. The maximum atomic E-state index is 8.81. The molecule has 0 aromatic carbocycles. The molecule has 1 unspecified atom stereocenters. The standard InChI is InChI=1S/C16H20N2.C2H4O.2C2H6/c1-18-12-4-7-16(18)15-6-3-2-5-14(15)13-8-10-17-11-9-13;1-2-3;2*1-2/h2,5,8,16-17H,4,7,9-12H2,1H3;2H,1H3;2*1-2H3. The van der Waals surface area contributed by atoms with Gasteiger partial charge in [-0.15, -0.1) is 0 Å². The van der Waals surface area contributed by atoms with E-state index >= 15 is 0 Å². The van der Waals surface area contributed by atoms with E-state index in [-0.39, 0.29) is 0 Å². The predicted molar refractivity (Wildman–Crippen MR) is 109 cm³/mol. The van der Waals surface area contributed by atoms with E-state index in [1.54, 1.807) is 0 Å². The number of carbonyl (C=O) groups is 1. The van der Waals surface area contributed by atoms with Gasteiger partial charge in [0.1, 0.15) is 6.29 Å². The van der Waals surface area contributed by atoms with Crippen LogP contribution in [-0.4, -0.2) is 43.9 Å². The van der Waals surface area contributed by atoms with Crippen molar-refractivity contribution in [1.82, 2.24) is 10.2 Å². The monoisotopic (exact) mass is 344 g/mol. The zero-order chi connectivity index (χ0) is 19.1. The third-order valence-electron chi connectivity index (χ3n) is 4.09. The second kappa shape index (κ2) is 14.7. The lowest BCUT2D eigenvalue weighted by Gasteiger charge is -2.26. The van der Waals surface area contributed by atoms with Gasteiger partial charge in [-0.2, -0.15) is 0 Å². The molecule has 3 nitrogen and oxygen atoms in total. The highest BCUT2D eigenvalue weighted by atomic mass is 16.1. The summed E-state index contributed by atoms with van der Waals surface area (Å²) in [5, 5.41) is 3.38. The summed E-state index contributed by atoms with van der Waals surface area (Å²) in [6, 6.07) is 0.535. The molecule has 1 saturated heterocycles. The normalized spacial score (nSPS) is 21.2. The molecule has 0 aromatic rings. The minimum atomic E-state index is 0.535. The maximum absolute atomic E-state index is 8.81. The Balaban J connectivity index is 0.000000728. The van der Waals surface area contributed by atoms with Crippen molar-refractivity contribution in [1.29, 1.82) is 0 Å². The molecule has 0 radical (unpaired) electrons. The van der Waals surface area contributed by atoms with Crippen molar-refractivity contribution in [3.63, 3.8) is 0 Å². The smallest absolute Gasteiger partial charge is 0.116 e. The molecular formula is C22H36N2O. The van der Waals surface area contributed by atoms with Crippen molar-refractivity contribution in [3.8, 4) is 0 Å². The van der Waals surface area contributed by atoms with Gasteiger partial charge in [0, 0.05) is 18.2 Å². The summed E-state index contributed by atoms with van der Waals surface area (Å²) >= 11 is 0. The number of aldehydes is 1. The number of carbonyl (C=O) groups excluding carboxylic acids is 1. The average molecular weight is 345 g/mol. The summed E-state index contributed by atoms with van der Waals surface area (Å²) in [5.74, 6) is 0. The predicted octanol–water partition coefficient (Wildman–Crippen LogP) is 4.43. The highest BCUT2D eigenvalue weighted by molar-refractivity contribution is 5.52. The molecule has 0 aromatic heterocycles. The molecule has 25 heavy (non-hydrogen) atoms. The van der Waals surface area contributed by atoms with Gasteiger partial charge in [-0.1, -0.05) is 45.2 Å². The van der Waals surface area contributed by atoms with Gasteiger partial charge in [0.15, 0.2) is 0 Å². The number of hydrogen-bond acceptors (Lipinski definition) is 3. The Bertz CT molecular complexity index is 544. The van der Waals surface area contributed by atoms with Crippen LogP contribution in [0.5, 0.6) is 0 Å². The molecule has 1 aliphatic carbocycles. The van der Waals surface area contributed by atoms with E-state index in [1.807, 2.05) is 33.8 Å². The highest BCUT2D eigenvalue weighted by Gasteiger charge is 2.28. The van der Waals surface area contributed by atoms with Crippen molar-refractivity contribution < 1.29 is 4.79 Å². The Hall–Kier alpha value is -1.63. The quantitative estimate of drug-likeness (QED) is 0.594. The third kappa shape index (κ3) is 7.42. The lowest BCUT2D eigenvalue weighted by atomic mass is 9.87. The fourth-order valence-corrected chi connectivity index (χ4v) is 3.09. The summed E-state index contributed by atoms with van der Waals surface area (Å²) in [6.07, 6.45) is 11.0. The molecule has 3 heteroatoms. The molecule has 0 spiro atoms. The number of hydrogen-bond donors (Lipinski definition) is 1. The van der Waals surface area contributed by atoms with E-state index in [4.69, 9.17) is 4.79 Å². The van der Waals surface area contributed by atoms with Crippen LogP contribution in [0.3, 0.4) is 0 Å². The van der Waals surface area contributed by atoms with E-state index < -0.39 is 0 Å². The van der Waals surface area contributed by atoms with E-state index in [9.17, 15) is 0 Å². The highest BCUT2D eigenvalue weighted by Crippen LogP contribution is 2.32. The number of likely N-dealkylation sites (tertiary alicyclic amines) is 1. The SMILES string of the molecule is CC.CC.CC=O.CN1CCCC1C1=C=C=CC=C1C1=CCNCC1. The van der Waals surface area contributed by atoms with Gasteiger partial charge in [-0.3, -0.25) is 4.90 Å². The van der Waals surface area contributed by atoms with Crippen molar-refractivity contribution in [2.24, 2.45) is 0 Å². The summed E-state index contributed by atoms with van der Waals surface area (Å²) in [4.78, 5) is 11.3. The minimum absolute atomic E-state index is 0.535. The van der Waals surface area contributed by atoms with Crippen LogP contribution in [0.25, 0.3) is 0 Å². The topological polar surface area (TPSA) is 32.3 Å². The van der Waals surface area contributed by atoms with E-state index in [2.05, 4.69) is 40.9 Å². The van der Waals surface area contributed by atoms with Crippen LogP contribution in [0.4, 0.5) is 0 Å². The largest absolute Gasteiger partial charge is 0.313 e. The summed E-state index contributed by atoms with van der Waals surface area (Å²) in [6.45, 7) is 12.7. The fraction of sp³-hybridized carbons (Fsp3) is 0.591. The molecule has 0 amide bonds. The summed E-state index contributed by atoms with van der Waals surface area (Å²) < 4.78 is 0. The van der Waals surface area contributed by atoms with Crippen LogP contribution in [-0.2, 0) is 4.79 Å². The number of nitrogens with zero attached hydrogens (tertiary/aromatic N) is 1. The molecular weight excluding hydrogens is 308 g/mol. The molecule has 3 aliphatic rings. The van der Waals surface area contributed by atoms with Gasteiger partial charge in [0.2, 0.25) is 0 Å². The first-order chi connectivity index (χ1) is 12.3. The first-order valence-corrected chi connectivity index (χ1v) is 9.70. The Labute approximate surface area is 154 Å². The molecule has 3 rings (SSSR count). The number of nitrogens with one attached hydrogen (secondary N) is 1. The third-order valence-corrected chi connectivity index (χ3v) is 4.09. The van der Waals surface area contributed by atoms with Gasteiger partial charge >= 0.3 is 0 Å². The van der Waals surface area contributed by atoms with Crippen molar-refractivity contribution in [2.45, 2.75) is 59.9 Å². The molecule has 1 atom stereocenters. The second-order valence-corrected chi connectivity index (χ2v) is 5.49. The molecule has 140 valence electrons. The van der Waals surface area contributed by atoms with Crippen LogP contribution < -0.4 is 5.32 Å². The Morgan fingerprint density at radius 1 is 1.28 bits per heavy atom. The number of rotatable bonds is 2. The molecule has 2 heterocycles. The molecule has 0 bridgehead atoms. The maximum Gasteiger partial charge on any atom is 0.116 e. The van der Waals surface area contributed by atoms with Gasteiger partial charge in [-0.25, -0.2) is 0 Å². The zero-order valence-electron chi connectivity index (χ0n) is 17.0. The average Bonchev–Trinajstić information content (AvgIpc) is 3.12. The van der Waals surface area contributed by atoms with Crippen molar-refractivity contribution in [3.05, 3.63) is 46.4 Å². The minimum Gasteiger partial charge on any atom is -0.313 e. The van der Waals surface area contributed by atoms with E-state index in [0.717, 1.165) is 25.8 Å². The van der Waals surface area contributed by atoms with Gasteiger partial charge in [-0.05, 0) is 69.6 Å². The van der Waals surface area contributed by atoms with Crippen LogP contribution in [0.2, 0.25) is 0 Å². The fourth-order valence-electron chi connectivity index (χ4n) is 3.09. The van der Waals surface area contributed by atoms with Crippen LogP contribution in [0.15, 0.2) is 46.4 Å². The van der Waals surface area contributed by atoms with Gasteiger partial charge in [0.05, 0.1) is 0 Å². The number of allylic oxidation sites excluding steroid dienone is 2. The van der Waals surface area contributed by atoms with Gasteiger partial charge < -0.3 is 10.1 Å². The van der Waals surface area contributed by atoms with Crippen molar-refractivity contribution >= 4 is 6.29 Å². The molecule has 2 aliphatic heterocycles. The Morgan fingerprint density at radius 2 is 1.96 bits per heavy atom. The van der Waals surface area contributed by atoms with E-state index in [1.165, 1.54) is 43.0 Å². The van der Waals surface area contributed by atoms with Crippen LogP contribution in [0, 0.1) is 0 Å². The van der Waals surface area contributed by atoms with Crippen molar-refractivity contribution in [2.75, 3.05) is 26.7 Å². The molecule has 0 saturated carbocycles. The lowest BCUT2D eigenvalue weighted by Crippen LogP contribution is -2.29. The van der Waals surface area contributed by atoms with E-state index in [0.29, 0.717) is 6.04 Å². The van der Waals surface area contributed by atoms with Gasteiger partial charge in [0.25, 0.3) is 0 Å². The lowest BCUT2D eigenvalue weighted by molar-refractivity contribution is -0.106. The Morgan fingerprint density at radius 3 is 2.48 bits per heavy atom. The summed E-state index contributed by atoms with van der Waals surface area (Å²) in [5.41, 5.74) is 10.8. The first-order valence-electron chi connectivity index (χ1n) is 9.70. The molecule has 1 N–H and O–H groups in total.